The predicted molar refractivity (Wildman–Crippen MR) is 93.7 cm³/mol. The fourth-order valence-electron chi connectivity index (χ4n) is 2.29. The molecule has 0 atom stereocenters. The van der Waals surface area contributed by atoms with E-state index in [1.165, 1.54) is 18.3 Å². The summed E-state index contributed by atoms with van der Waals surface area (Å²) in [6.45, 7) is 1.97. The van der Waals surface area contributed by atoms with Crippen molar-refractivity contribution in [2.24, 2.45) is 0 Å². The summed E-state index contributed by atoms with van der Waals surface area (Å²) in [6.07, 6.45) is 0. The summed E-state index contributed by atoms with van der Waals surface area (Å²) >= 11 is 1.50. The van der Waals surface area contributed by atoms with Crippen LogP contribution in [0.15, 0.2) is 34.9 Å². The first-order chi connectivity index (χ1) is 12.1. The molecule has 2 heterocycles. The highest BCUT2D eigenvalue weighted by molar-refractivity contribution is 7.15. The van der Waals surface area contributed by atoms with Crippen molar-refractivity contribution in [1.82, 2.24) is 15.5 Å². The second-order valence-electron chi connectivity index (χ2n) is 5.14. The summed E-state index contributed by atoms with van der Waals surface area (Å²) in [7, 11) is 3.13. The SMILES string of the molecule is COc1cccc(-c2nc(-c3ccc(CNC(C)=O)s3)no2)c1OC. The lowest BCUT2D eigenvalue weighted by molar-refractivity contribution is -0.119. The van der Waals surface area contributed by atoms with Crippen molar-refractivity contribution < 1.29 is 18.8 Å². The van der Waals surface area contributed by atoms with E-state index in [0.29, 0.717) is 35.3 Å². The van der Waals surface area contributed by atoms with Gasteiger partial charge in [0.15, 0.2) is 11.5 Å². The van der Waals surface area contributed by atoms with Gasteiger partial charge in [0.2, 0.25) is 11.7 Å². The third-order valence-electron chi connectivity index (χ3n) is 3.45. The van der Waals surface area contributed by atoms with Crippen molar-refractivity contribution in [3.05, 3.63) is 35.2 Å². The number of nitrogens with one attached hydrogen (secondary N) is 1. The van der Waals surface area contributed by atoms with Gasteiger partial charge < -0.3 is 19.3 Å². The van der Waals surface area contributed by atoms with Crippen LogP contribution in [0.4, 0.5) is 0 Å². The van der Waals surface area contributed by atoms with Crippen LogP contribution in [0.1, 0.15) is 11.8 Å². The average Bonchev–Trinajstić information content (AvgIpc) is 3.28. The molecule has 0 aliphatic carbocycles. The van der Waals surface area contributed by atoms with E-state index in [2.05, 4.69) is 15.5 Å². The Bertz CT molecular complexity index is 888. The predicted octanol–water partition coefficient (Wildman–Crippen LogP) is 3.12. The summed E-state index contributed by atoms with van der Waals surface area (Å²) in [5.74, 6) is 1.90. The molecule has 3 rings (SSSR count). The van der Waals surface area contributed by atoms with Gasteiger partial charge in [-0.25, -0.2) is 0 Å². The molecule has 3 aromatic rings. The van der Waals surface area contributed by atoms with E-state index in [0.717, 1.165) is 9.75 Å². The maximum atomic E-state index is 11.0. The largest absolute Gasteiger partial charge is 0.493 e. The number of para-hydroxylation sites is 1. The standard InChI is InChI=1S/C17H17N3O4S/c1-10(21)18-9-11-7-8-14(25-11)16-19-17(24-20-16)12-5-4-6-13(22-2)15(12)23-3/h4-8H,9H2,1-3H3,(H,18,21). The van der Waals surface area contributed by atoms with Gasteiger partial charge in [-0.3, -0.25) is 4.79 Å². The molecule has 8 heteroatoms. The molecular formula is C17H17N3O4S. The second kappa shape index (κ2) is 7.35. The normalized spacial score (nSPS) is 10.5. The molecule has 1 N–H and O–H groups in total. The van der Waals surface area contributed by atoms with Crippen LogP contribution in [0.2, 0.25) is 0 Å². The number of thiophene rings is 1. The van der Waals surface area contributed by atoms with Gasteiger partial charge in [-0.2, -0.15) is 4.98 Å². The Hall–Kier alpha value is -2.87. The number of methoxy groups -OCH3 is 2. The summed E-state index contributed by atoms with van der Waals surface area (Å²) in [6, 6.07) is 9.29. The van der Waals surface area contributed by atoms with Crippen LogP contribution < -0.4 is 14.8 Å². The molecule has 0 saturated heterocycles. The first-order valence-electron chi connectivity index (χ1n) is 7.51. The van der Waals surface area contributed by atoms with E-state index < -0.39 is 0 Å². The number of nitrogens with zero attached hydrogens (tertiary/aromatic N) is 2. The van der Waals surface area contributed by atoms with Crippen molar-refractivity contribution in [3.63, 3.8) is 0 Å². The maximum absolute atomic E-state index is 11.0. The molecule has 0 bridgehead atoms. The average molecular weight is 359 g/mol. The Morgan fingerprint density at radius 3 is 2.80 bits per heavy atom. The van der Waals surface area contributed by atoms with E-state index in [-0.39, 0.29) is 5.91 Å². The Kier molecular flexibility index (Phi) is 4.99. The summed E-state index contributed by atoms with van der Waals surface area (Å²) < 4.78 is 16.1. The van der Waals surface area contributed by atoms with Crippen LogP contribution in [0.25, 0.3) is 22.2 Å². The van der Waals surface area contributed by atoms with Crippen LogP contribution in [0.5, 0.6) is 11.5 Å². The summed E-state index contributed by atoms with van der Waals surface area (Å²) in [5, 5.41) is 6.81. The highest BCUT2D eigenvalue weighted by Crippen LogP contribution is 2.38. The monoisotopic (exact) mass is 359 g/mol. The molecule has 0 aliphatic rings. The number of ether oxygens (including phenoxy) is 2. The van der Waals surface area contributed by atoms with Gasteiger partial charge in [-0.1, -0.05) is 11.2 Å². The fraction of sp³-hybridized carbons (Fsp3) is 0.235. The minimum absolute atomic E-state index is 0.0677. The van der Waals surface area contributed by atoms with Crippen LogP contribution in [0, 0.1) is 0 Å². The smallest absolute Gasteiger partial charge is 0.262 e. The first kappa shape index (κ1) is 17.0. The van der Waals surface area contributed by atoms with Gasteiger partial charge in [0.25, 0.3) is 5.89 Å². The third-order valence-corrected chi connectivity index (χ3v) is 4.53. The quantitative estimate of drug-likeness (QED) is 0.728. The molecular weight excluding hydrogens is 342 g/mol. The van der Waals surface area contributed by atoms with Crippen LogP contribution >= 0.6 is 11.3 Å². The zero-order valence-corrected chi connectivity index (χ0v) is 14.8. The van der Waals surface area contributed by atoms with Crippen molar-refractivity contribution in [2.45, 2.75) is 13.5 Å². The maximum Gasteiger partial charge on any atom is 0.262 e. The molecule has 0 unspecified atom stereocenters. The van der Waals surface area contributed by atoms with Crippen molar-refractivity contribution in [2.75, 3.05) is 14.2 Å². The second-order valence-corrected chi connectivity index (χ2v) is 6.31. The Balaban J connectivity index is 1.87. The lowest BCUT2D eigenvalue weighted by Crippen LogP contribution is -2.17. The number of aromatic nitrogens is 2. The third kappa shape index (κ3) is 3.63. The molecule has 0 aliphatic heterocycles. The molecule has 0 fully saturated rings. The number of hydrogen-bond acceptors (Lipinski definition) is 7. The minimum Gasteiger partial charge on any atom is -0.493 e. The fourth-order valence-corrected chi connectivity index (χ4v) is 3.17. The zero-order chi connectivity index (χ0) is 17.8. The van der Waals surface area contributed by atoms with E-state index in [9.17, 15) is 4.79 Å². The van der Waals surface area contributed by atoms with Gasteiger partial charge in [0, 0.05) is 11.8 Å². The number of benzene rings is 1. The van der Waals surface area contributed by atoms with Crippen LogP contribution in [-0.4, -0.2) is 30.3 Å². The van der Waals surface area contributed by atoms with E-state index in [1.54, 1.807) is 20.3 Å². The molecule has 0 saturated carbocycles. The Morgan fingerprint density at radius 1 is 1.24 bits per heavy atom. The number of hydrogen-bond donors (Lipinski definition) is 1. The number of amides is 1. The van der Waals surface area contributed by atoms with Crippen LogP contribution in [0.3, 0.4) is 0 Å². The van der Waals surface area contributed by atoms with Gasteiger partial charge in [-0.05, 0) is 24.3 Å². The van der Waals surface area contributed by atoms with E-state index in [1.807, 2.05) is 24.3 Å². The summed E-state index contributed by atoms with van der Waals surface area (Å²) in [5.41, 5.74) is 0.663. The number of carbonyl (C=O) groups excluding carboxylic acids is 1. The molecule has 25 heavy (non-hydrogen) atoms. The van der Waals surface area contributed by atoms with Crippen molar-refractivity contribution in [1.29, 1.82) is 0 Å². The van der Waals surface area contributed by atoms with Gasteiger partial charge in [-0.15, -0.1) is 11.3 Å². The molecule has 0 radical (unpaired) electrons. The van der Waals surface area contributed by atoms with Gasteiger partial charge in [0.05, 0.1) is 31.2 Å². The lowest BCUT2D eigenvalue weighted by Gasteiger charge is -2.09. The van der Waals surface area contributed by atoms with E-state index >= 15 is 0 Å². The lowest BCUT2D eigenvalue weighted by atomic mass is 10.2. The molecule has 130 valence electrons. The topological polar surface area (TPSA) is 86.5 Å². The van der Waals surface area contributed by atoms with Crippen molar-refractivity contribution >= 4 is 17.2 Å². The summed E-state index contributed by atoms with van der Waals surface area (Å²) in [4.78, 5) is 17.3. The van der Waals surface area contributed by atoms with Crippen LogP contribution in [-0.2, 0) is 11.3 Å². The molecule has 1 aromatic carbocycles. The molecule has 0 spiro atoms. The zero-order valence-electron chi connectivity index (χ0n) is 14.0. The first-order valence-corrected chi connectivity index (χ1v) is 8.32. The van der Waals surface area contributed by atoms with Gasteiger partial charge in [0.1, 0.15) is 0 Å². The molecule has 1 amide bonds. The minimum atomic E-state index is -0.0677. The Labute approximate surface area is 148 Å². The highest BCUT2D eigenvalue weighted by atomic mass is 32.1. The van der Waals surface area contributed by atoms with Gasteiger partial charge >= 0.3 is 0 Å². The highest BCUT2D eigenvalue weighted by Gasteiger charge is 2.18. The number of rotatable bonds is 6. The number of carbonyl (C=O) groups is 1. The molecule has 2 aromatic heterocycles. The van der Waals surface area contributed by atoms with E-state index in [4.69, 9.17) is 14.0 Å². The Morgan fingerprint density at radius 2 is 2.08 bits per heavy atom. The molecule has 7 nitrogen and oxygen atoms in total. The van der Waals surface area contributed by atoms with Crippen molar-refractivity contribution in [3.8, 4) is 33.7 Å².